The van der Waals surface area contributed by atoms with Crippen LogP contribution in [0.1, 0.15) is 11.1 Å². The van der Waals surface area contributed by atoms with Crippen molar-refractivity contribution >= 4 is 39.2 Å². The molecule has 0 aromatic heterocycles. The van der Waals surface area contributed by atoms with Gasteiger partial charge in [0.05, 0.1) is 5.57 Å². The molecule has 0 atom stereocenters. The molecule has 3 nitrogen and oxygen atoms in total. The van der Waals surface area contributed by atoms with E-state index in [2.05, 4.69) is 15.9 Å². The molecule has 0 aliphatic rings. The van der Waals surface area contributed by atoms with Crippen molar-refractivity contribution in [3.8, 4) is 11.8 Å². The molecule has 0 aliphatic carbocycles. The smallest absolute Gasteiger partial charge is 0.120 e. The van der Waals surface area contributed by atoms with Crippen LogP contribution in [0.3, 0.4) is 0 Å². The SMILES string of the molecule is N#CC(=Cc1cccc(OCc2ccc(Br)cc2)c1)C(N)=S. The maximum atomic E-state index is 8.98. The van der Waals surface area contributed by atoms with Crippen LogP contribution < -0.4 is 10.5 Å². The highest BCUT2D eigenvalue weighted by molar-refractivity contribution is 9.10. The summed E-state index contributed by atoms with van der Waals surface area (Å²) in [5.74, 6) is 0.719. The van der Waals surface area contributed by atoms with Crippen LogP contribution in [-0.4, -0.2) is 4.99 Å². The van der Waals surface area contributed by atoms with Crippen LogP contribution >= 0.6 is 28.1 Å². The molecule has 0 amide bonds. The summed E-state index contributed by atoms with van der Waals surface area (Å²) >= 11 is 8.22. The van der Waals surface area contributed by atoms with E-state index in [0.717, 1.165) is 21.3 Å². The first-order valence-electron chi connectivity index (χ1n) is 6.47. The standard InChI is InChI=1S/C17H13BrN2OS/c18-15-6-4-12(5-7-15)11-21-16-3-1-2-13(9-16)8-14(10-19)17(20)22/h1-9H,11H2,(H2,20,22). The summed E-state index contributed by atoms with van der Waals surface area (Å²) in [4.78, 5) is 0.0867. The van der Waals surface area contributed by atoms with E-state index < -0.39 is 0 Å². The number of ether oxygens (including phenoxy) is 1. The second kappa shape index (κ2) is 7.74. The number of nitriles is 1. The zero-order chi connectivity index (χ0) is 15.9. The first-order valence-corrected chi connectivity index (χ1v) is 7.67. The van der Waals surface area contributed by atoms with Crippen LogP contribution in [0.4, 0.5) is 0 Å². The summed E-state index contributed by atoms with van der Waals surface area (Å²) in [5, 5.41) is 8.98. The normalized spacial score (nSPS) is 10.8. The second-order valence-electron chi connectivity index (χ2n) is 4.52. The van der Waals surface area contributed by atoms with E-state index >= 15 is 0 Å². The van der Waals surface area contributed by atoms with E-state index in [1.165, 1.54) is 0 Å². The number of halogens is 1. The van der Waals surface area contributed by atoms with Crippen molar-refractivity contribution in [2.24, 2.45) is 5.73 Å². The highest BCUT2D eigenvalue weighted by atomic mass is 79.9. The fourth-order valence-corrected chi connectivity index (χ4v) is 2.14. The predicted molar refractivity (Wildman–Crippen MR) is 95.3 cm³/mol. The molecular formula is C17H13BrN2OS. The van der Waals surface area contributed by atoms with Gasteiger partial charge in [-0.3, -0.25) is 0 Å². The molecule has 0 unspecified atom stereocenters. The van der Waals surface area contributed by atoms with Crippen molar-refractivity contribution in [3.63, 3.8) is 0 Å². The Kier molecular flexibility index (Phi) is 5.70. The Morgan fingerprint density at radius 3 is 2.64 bits per heavy atom. The molecule has 0 spiro atoms. The molecular weight excluding hydrogens is 360 g/mol. The Bertz CT molecular complexity index is 748. The van der Waals surface area contributed by atoms with Crippen LogP contribution in [0.2, 0.25) is 0 Å². The van der Waals surface area contributed by atoms with Crippen molar-refractivity contribution in [3.05, 3.63) is 69.7 Å². The lowest BCUT2D eigenvalue weighted by Gasteiger charge is -2.07. The zero-order valence-corrected chi connectivity index (χ0v) is 14.0. The largest absolute Gasteiger partial charge is 0.489 e. The van der Waals surface area contributed by atoms with E-state index in [1.807, 2.05) is 54.6 Å². The van der Waals surface area contributed by atoms with Gasteiger partial charge in [0, 0.05) is 4.47 Å². The van der Waals surface area contributed by atoms with Gasteiger partial charge in [0.25, 0.3) is 0 Å². The topological polar surface area (TPSA) is 59.0 Å². The van der Waals surface area contributed by atoms with E-state index in [4.69, 9.17) is 28.0 Å². The maximum Gasteiger partial charge on any atom is 0.120 e. The molecule has 0 saturated carbocycles. The van der Waals surface area contributed by atoms with Gasteiger partial charge in [-0.15, -0.1) is 0 Å². The monoisotopic (exact) mass is 372 g/mol. The Morgan fingerprint density at radius 1 is 1.27 bits per heavy atom. The molecule has 2 aromatic carbocycles. The third-order valence-corrected chi connectivity index (χ3v) is 3.62. The number of thiocarbonyl (C=S) groups is 1. The van der Waals surface area contributed by atoms with E-state index in [9.17, 15) is 0 Å². The molecule has 2 rings (SSSR count). The van der Waals surface area contributed by atoms with Gasteiger partial charge in [-0.05, 0) is 41.5 Å². The zero-order valence-electron chi connectivity index (χ0n) is 11.6. The molecule has 2 aromatic rings. The third kappa shape index (κ3) is 4.69. The molecule has 0 bridgehead atoms. The van der Waals surface area contributed by atoms with Crippen LogP contribution in [0, 0.1) is 11.3 Å². The molecule has 5 heteroatoms. The number of nitrogens with two attached hydrogens (primary N) is 1. The molecule has 0 aliphatic heterocycles. The Hall–Kier alpha value is -2.16. The van der Waals surface area contributed by atoms with Crippen LogP contribution in [0.25, 0.3) is 6.08 Å². The average molecular weight is 373 g/mol. The van der Waals surface area contributed by atoms with Crippen LogP contribution in [0.5, 0.6) is 5.75 Å². The van der Waals surface area contributed by atoms with Gasteiger partial charge in [-0.1, -0.05) is 52.4 Å². The van der Waals surface area contributed by atoms with Crippen LogP contribution in [0.15, 0.2) is 58.6 Å². The molecule has 110 valence electrons. The summed E-state index contributed by atoms with van der Waals surface area (Å²) in [5.41, 5.74) is 7.65. The summed E-state index contributed by atoms with van der Waals surface area (Å²) in [7, 11) is 0. The van der Waals surface area contributed by atoms with Crippen molar-refractivity contribution in [2.75, 3.05) is 0 Å². The summed E-state index contributed by atoms with van der Waals surface area (Å²) in [6, 6.07) is 17.3. The summed E-state index contributed by atoms with van der Waals surface area (Å²) < 4.78 is 6.79. The first kappa shape index (κ1) is 16.2. The van der Waals surface area contributed by atoms with Gasteiger partial charge in [-0.2, -0.15) is 5.26 Å². The predicted octanol–water partition coefficient (Wildman–Crippen LogP) is 4.22. The fourth-order valence-electron chi connectivity index (χ4n) is 1.77. The Balaban J connectivity index is 2.10. The number of nitrogens with zero attached hydrogens (tertiary/aromatic N) is 1. The molecule has 0 fully saturated rings. The van der Waals surface area contributed by atoms with Gasteiger partial charge >= 0.3 is 0 Å². The fraction of sp³-hybridized carbons (Fsp3) is 0.0588. The van der Waals surface area contributed by atoms with Crippen LogP contribution in [-0.2, 0) is 6.61 Å². The quantitative estimate of drug-likeness (QED) is 0.484. The van der Waals surface area contributed by atoms with Crippen molar-refractivity contribution < 1.29 is 4.74 Å². The maximum absolute atomic E-state index is 8.98. The van der Waals surface area contributed by atoms with Crippen molar-refractivity contribution in [1.82, 2.24) is 0 Å². The second-order valence-corrected chi connectivity index (χ2v) is 5.88. The number of hydrogen-bond donors (Lipinski definition) is 1. The molecule has 2 N–H and O–H groups in total. The van der Waals surface area contributed by atoms with Gasteiger partial charge < -0.3 is 10.5 Å². The van der Waals surface area contributed by atoms with E-state index in [0.29, 0.717) is 6.61 Å². The van der Waals surface area contributed by atoms with Gasteiger partial charge in [0.2, 0.25) is 0 Å². The van der Waals surface area contributed by atoms with Crippen molar-refractivity contribution in [2.45, 2.75) is 6.61 Å². The highest BCUT2D eigenvalue weighted by Gasteiger charge is 2.01. The lowest BCUT2D eigenvalue weighted by Crippen LogP contribution is -2.09. The summed E-state index contributed by atoms with van der Waals surface area (Å²) in [6.07, 6.45) is 1.65. The molecule has 0 heterocycles. The number of benzene rings is 2. The van der Waals surface area contributed by atoms with E-state index in [1.54, 1.807) is 6.08 Å². The number of hydrogen-bond acceptors (Lipinski definition) is 3. The summed E-state index contributed by atoms with van der Waals surface area (Å²) in [6.45, 7) is 0.473. The Morgan fingerprint density at radius 2 is 2.00 bits per heavy atom. The molecule has 22 heavy (non-hydrogen) atoms. The first-order chi connectivity index (χ1) is 10.6. The minimum Gasteiger partial charge on any atom is -0.489 e. The minimum atomic E-state index is 0.0867. The minimum absolute atomic E-state index is 0.0867. The average Bonchev–Trinajstić information content (AvgIpc) is 2.52. The lowest BCUT2D eigenvalue weighted by atomic mass is 10.1. The van der Waals surface area contributed by atoms with Gasteiger partial charge in [0.15, 0.2) is 0 Å². The van der Waals surface area contributed by atoms with Gasteiger partial charge in [-0.25, -0.2) is 0 Å². The van der Waals surface area contributed by atoms with Gasteiger partial charge in [0.1, 0.15) is 23.4 Å². The Labute approximate surface area is 143 Å². The molecule has 0 saturated heterocycles. The molecule has 0 radical (unpaired) electrons. The van der Waals surface area contributed by atoms with Crippen molar-refractivity contribution in [1.29, 1.82) is 5.26 Å². The number of rotatable bonds is 5. The highest BCUT2D eigenvalue weighted by Crippen LogP contribution is 2.18. The third-order valence-electron chi connectivity index (χ3n) is 2.87. The van der Waals surface area contributed by atoms with E-state index in [-0.39, 0.29) is 10.6 Å². The lowest BCUT2D eigenvalue weighted by molar-refractivity contribution is 0.306.